The molecular formula is C18H26N4. The van der Waals surface area contributed by atoms with E-state index in [0.29, 0.717) is 5.92 Å². The summed E-state index contributed by atoms with van der Waals surface area (Å²) >= 11 is 0. The Morgan fingerprint density at radius 2 is 2.18 bits per heavy atom. The second kappa shape index (κ2) is 7.11. The number of anilines is 1. The minimum Gasteiger partial charge on any atom is -0.369 e. The van der Waals surface area contributed by atoms with Crippen LogP contribution in [0, 0.1) is 17.2 Å². The van der Waals surface area contributed by atoms with Crippen molar-refractivity contribution in [2.45, 2.75) is 45.1 Å². The van der Waals surface area contributed by atoms with Gasteiger partial charge in [-0.3, -0.25) is 4.98 Å². The van der Waals surface area contributed by atoms with Gasteiger partial charge in [0.15, 0.2) is 0 Å². The molecule has 0 spiro atoms. The number of pyridine rings is 1. The number of nitriles is 1. The Labute approximate surface area is 133 Å². The molecule has 4 heteroatoms. The van der Waals surface area contributed by atoms with Gasteiger partial charge in [-0.25, -0.2) is 0 Å². The molecule has 2 fully saturated rings. The zero-order chi connectivity index (χ0) is 15.4. The fourth-order valence-electron chi connectivity index (χ4n) is 3.93. The van der Waals surface area contributed by atoms with Crippen molar-refractivity contribution in [1.82, 2.24) is 9.88 Å². The molecule has 3 rings (SSSR count). The molecular weight excluding hydrogens is 272 g/mol. The minimum atomic E-state index is 0.709. The number of hydrogen-bond acceptors (Lipinski definition) is 4. The van der Waals surface area contributed by atoms with Gasteiger partial charge >= 0.3 is 0 Å². The summed E-state index contributed by atoms with van der Waals surface area (Å²) in [5.41, 5.74) is 1.77. The minimum absolute atomic E-state index is 0.709. The summed E-state index contributed by atoms with van der Waals surface area (Å²) in [6, 6.07) is 4.86. The molecule has 0 aliphatic carbocycles. The largest absolute Gasteiger partial charge is 0.369 e. The van der Waals surface area contributed by atoms with E-state index >= 15 is 0 Å². The summed E-state index contributed by atoms with van der Waals surface area (Å²) < 4.78 is 0. The first-order chi connectivity index (χ1) is 10.8. The zero-order valence-corrected chi connectivity index (χ0v) is 13.5. The normalized spacial score (nSPS) is 26.6. The summed E-state index contributed by atoms with van der Waals surface area (Å²) in [6.07, 6.45) is 10.2. The maximum absolute atomic E-state index is 9.30. The highest BCUT2D eigenvalue weighted by Crippen LogP contribution is 2.27. The maximum atomic E-state index is 9.30. The number of nitrogens with zero attached hydrogens (tertiary/aromatic N) is 4. The van der Waals surface area contributed by atoms with E-state index in [0.717, 1.165) is 30.4 Å². The lowest BCUT2D eigenvalue weighted by molar-refractivity contribution is 0.130. The smallest absolute Gasteiger partial charge is 0.101 e. The fraction of sp³-hybridized carbons (Fsp3) is 0.667. The van der Waals surface area contributed by atoms with Crippen molar-refractivity contribution in [3.63, 3.8) is 0 Å². The summed E-state index contributed by atoms with van der Waals surface area (Å²) in [4.78, 5) is 9.26. The van der Waals surface area contributed by atoms with Crippen molar-refractivity contribution in [3.05, 3.63) is 24.0 Å². The van der Waals surface area contributed by atoms with Gasteiger partial charge in [0.2, 0.25) is 0 Å². The van der Waals surface area contributed by atoms with E-state index in [1.54, 1.807) is 6.20 Å². The molecule has 2 saturated heterocycles. The molecule has 2 aliphatic rings. The molecule has 0 N–H and O–H groups in total. The van der Waals surface area contributed by atoms with Crippen LogP contribution in [0.25, 0.3) is 0 Å². The van der Waals surface area contributed by atoms with E-state index in [4.69, 9.17) is 0 Å². The van der Waals surface area contributed by atoms with E-state index in [2.05, 4.69) is 27.8 Å². The van der Waals surface area contributed by atoms with Crippen molar-refractivity contribution in [3.8, 4) is 6.07 Å². The zero-order valence-electron chi connectivity index (χ0n) is 13.5. The van der Waals surface area contributed by atoms with Crippen molar-refractivity contribution >= 4 is 5.69 Å². The molecule has 22 heavy (non-hydrogen) atoms. The van der Waals surface area contributed by atoms with Crippen molar-refractivity contribution < 1.29 is 0 Å². The standard InChI is InChI=1S/C18H26N4/c1-15-5-2-3-9-21(15)13-16-6-4-10-22(14-16)18-12-20-8-7-17(18)11-19/h7-8,12,15-16H,2-6,9-10,13-14H2,1H3/t15-,16-/m1/s1. The van der Waals surface area contributed by atoms with E-state index in [1.165, 1.54) is 45.2 Å². The lowest BCUT2D eigenvalue weighted by Gasteiger charge is -2.40. The first kappa shape index (κ1) is 15.3. The third-order valence-corrected chi connectivity index (χ3v) is 5.21. The Bertz CT molecular complexity index is 536. The van der Waals surface area contributed by atoms with E-state index in [9.17, 15) is 5.26 Å². The molecule has 1 aromatic heterocycles. The molecule has 1 aromatic rings. The predicted octanol–water partition coefficient (Wildman–Crippen LogP) is 3.04. The van der Waals surface area contributed by atoms with Gasteiger partial charge in [-0.1, -0.05) is 6.42 Å². The highest BCUT2D eigenvalue weighted by atomic mass is 15.2. The number of hydrogen-bond donors (Lipinski definition) is 0. The molecule has 3 heterocycles. The molecule has 0 unspecified atom stereocenters. The average Bonchev–Trinajstić information content (AvgIpc) is 2.57. The van der Waals surface area contributed by atoms with Gasteiger partial charge in [0, 0.05) is 31.9 Å². The lowest BCUT2D eigenvalue weighted by atomic mass is 9.94. The Hall–Kier alpha value is -1.60. The van der Waals surface area contributed by atoms with Gasteiger partial charge in [0.1, 0.15) is 6.07 Å². The second-order valence-electron chi connectivity index (χ2n) is 6.80. The Kier molecular flexibility index (Phi) is 4.94. The van der Waals surface area contributed by atoms with E-state index < -0.39 is 0 Å². The SMILES string of the molecule is C[C@@H]1CCCCN1C[C@H]1CCCN(c2cnccc2C#N)C1. The predicted molar refractivity (Wildman–Crippen MR) is 88.8 cm³/mol. The van der Waals surface area contributed by atoms with Crippen LogP contribution in [0.3, 0.4) is 0 Å². The van der Waals surface area contributed by atoms with Crippen LogP contribution in [0.15, 0.2) is 18.5 Å². The highest BCUT2D eigenvalue weighted by Gasteiger charge is 2.26. The lowest BCUT2D eigenvalue weighted by Crippen LogP contribution is -2.45. The summed E-state index contributed by atoms with van der Waals surface area (Å²) in [6.45, 7) is 6.94. The molecule has 0 aromatic carbocycles. The summed E-state index contributed by atoms with van der Waals surface area (Å²) in [5.74, 6) is 0.709. The van der Waals surface area contributed by atoms with Gasteiger partial charge in [0.05, 0.1) is 17.4 Å². The Balaban J connectivity index is 1.65. The Morgan fingerprint density at radius 3 is 3.00 bits per heavy atom. The summed E-state index contributed by atoms with van der Waals surface area (Å²) in [7, 11) is 0. The fourth-order valence-corrected chi connectivity index (χ4v) is 3.93. The molecule has 4 nitrogen and oxygen atoms in total. The molecule has 0 bridgehead atoms. The molecule has 0 saturated carbocycles. The van der Waals surface area contributed by atoms with Crippen LogP contribution in [-0.2, 0) is 0 Å². The third-order valence-electron chi connectivity index (χ3n) is 5.21. The van der Waals surface area contributed by atoms with Gasteiger partial charge < -0.3 is 9.80 Å². The first-order valence-corrected chi connectivity index (χ1v) is 8.61. The average molecular weight is 298 g/mol. The van der Waals surface area contributed by atoms with Crippen molar-refractivity contribution in [2.75, 3.05) is 31.1 Å². The highest BCUT2D eigenvalue weighted by molar-refractivity contribution is 5.57. The van der Waals surface area contributed by atoms with Crippen molar-refractivity contribution in [2.24, 2.45) is 5.92 Å². The Morgan fingerprint density at radius 1 is 1.27 bits per heavy atom. The molecule has 0 amide bonds. The second-order valence-corrected chi connectivity index (χ2v) is 6.80. The van der Waals surface area contributed by atoms with Gasteiger partial charge in [-0.05, 0) is 51.1 Å². The van der Waals surface area contributed by atoms with Gasteiger partial charge in [-0.15, -0.1) is 0 Å². The van der Waals surface area contributed by atoms with Crippen molar-refractivity contribution in [1.29, 1.82) is 5.26 Å². The van der Waals surface area contributed by atoms with Crippen LogP contribution >= 0.6 is 0 Å². The van der Waals surface area contributed by atoms with Crippen LogP contribution < -0.4 is 4.90 Å². The maximum Gasteiger partial charge on any atom is 0.101 e. The van der Waals surface area contributed by atoms with Crippen LogP contribution in [0.4, 0.5) is 5.69 Å². The number of aromatic nitrogens is 1. The molecule has 0 radical (unpaired) electrons. The molecule has 2 aliphatic heterocycles. The van der Waals surface area contributed by atoms with Crippen LogP contribution in [-0.4, -0.2) is 42.1 Å². The molecule has 2 atom stereocenters. The number of likely N-dealkylation sites (tertiary alicyclic amines) is 1. The topological polar surface area (TPSA) is 43.2 Å². The first-order valence-electron chi connectivity index (χ1n) is 8.61. The van der Waals surface area contributed by atoms with Gasteiger partial charge in [0.25, 0.3) is 0 Å². The van der Waals surface area contributed by atoms with E-state index in [-0.39, 0.29) is 0 Å². The molecule has 118 valence electrons. The van der Waals surface area contributed by atoms with Crippen LogP contribution in [0.5, 0.6) is 0 Å². The monoisotopic (exact) mass is 298 g/mol. The van der Waals surface area contributed by atoms with Gasteiger partial charge in [-0.2, -0.15) is 5.26 Å². The van der Waals surface area contributed by atoms with Crippen LogP contribution in [0.2, 0.25) is 0 Å². The third kappa shape index (κ3) is 3.41. The number of piperidine rings is 2. The quantitative estimate of drug-likeness (QED) is 0.860. The van der Waals surface area contributed by atoms with Crippen LogP contribution in [0.1, 0.15) is 44.6 Å². The van der Waals surface area contributed by atoms with E-state index in [1.807, 2.05) is 12.3 Å². The number of rotatable bonds is 3. The summed E-state index contributed by atoms with van der Waals surface area (Å²) in [5, 5.41) is 9.30.